The average Bonchev–Trinajstić information content (AvgIpc) is 2.80. The average molecular weight is 489 g/mol. The summed E-state index contributed by atoms with van der Waals surface area (Å²) in [6.45, 7) is 4.68. The molecule has 3 N–H and O–H groups in total. The van der Waals surface area contributed by atoms with Gasteiger partial charge >= 0.3 is 12.1 Å². The maximum atomic E-state index is 12.9. The Bertz CT molecular complexity index is 1240. The molecule has 0 saturated heterocycles. The number of rotatable bonds is 8. The van der Waals surface area contributed by atoms with Gasteiger partial charge in [-0.1, -0.05) is 42.5 Å². The Balaban J connectivity index is 1.97. The van der Waals surface area contributed by atoms with E-state index in [0.717, 1.165) is 12.3 Å². The van der Waals surface area contributed by atoms with Gasteiger partial charge in [0.15, 0.2) is 0 Å². The molecule has 35 heavy (non-hydrogen) atoms. The van der Waals surface area contributed by atoms with Gasteiger partial charge in [0, 0.05) is 28.1 Å². The van der Waals surface area contributed by atoms with Crippen molar-refractivity contribution in [3.05, 3.63) is 77.6 Å². The van der Waals surface area contributed by atoms with Crippen LogP contribution in [0.1, 0.15) is 56.2 Å². The number of aliphatic carboxylic acids is 1. The van der Waals surface area contributed by atoms with Crippen LogP contribution in [0.2, 0.25) is 0 Å². The van der Waals surface area contributed by atoms with E-state index in [4.69, 9.17) is 4.74 Å². The summed E-state index contributed by atoms with van der Waals surface area (Å²) in [7, 11) is 0. The predicted molar refractivity (Wildman–Crippen MR) is 124 cm³/mol. The monoisotopic (exact) mass is 489 g/mol. The molecule has 9 heteroatoms. The molecule has 0 aliphatic carbocycles. The topological polar surface area (TPSA) is 99.9 Å². The van der Waals surface area contributed by atoms with Gasteiger partial charge in [-0.05, 0) is 39.3 Å². The number of carboxylic acid groups (broad SMARTS) is 1. The SMILES string of the molecule is CC(Oc1c(C(O)C/C=C/C(C)(C)C(=O)O)cc(O)c2ccccc12)c1ccc(C(F)(F)F)nc1. The van der Waals surface area contributed by atoms with Crippen LogP contribution in [0.3, 0.4) is 0 Å². The van der Waals surface area contributed by atoms with Crippen molar-refractivity contribution in [2.45, 2.75) is 45.6 Å². The molecule has 1 heterocycles. The Kier molecular flexibility index (Phi) is 7.40. The number of aromatic hydroxyl groups is 1. The molecule has 3 aromatic rings. The smallest absolute Gasteiger partial charge is 0.433 e. The molecule has 0 fully saturated rings. The van der Waals surface area contributed by atoms with E-state index in [1.807, 2.05) is 0 Å². The van der Waals surface area contributed by atoms with Crippen LogP contribution in [0.25, 0.3) is 10.8 Å². The molecule has 1 aromatic heterocycles. The molecule has 0 amide bonds. The lowest BCUT2D eigenvalue weighted by Crippen LogP contribution is -2.20. The molecule has 0 bridgehead atoms. The quantitative estimate of drug-likeness (QED) is 0.326. The van der Waals surface area contributed by atoms with Crippen LogP contribution in [-0.2, 0) is 11.0 Å². The number of phenolic OH excluding ortho intramolecular Hbond substituents is 1. The van der Waals surface area contributed by atoms with Crippen molar-refractivity contribution in [3.8, 4) is 11.5 Å². The highest BCUT2D eigenvalue weighted by Gasteiger charge is 2.32. The van der Waals surface area contributed by atoms with Gasteiger partial charge in [0.1, 0.15) is 23.3 Å². The molecule has 0 saturated carbocycles. The summed E-state index contributed by atoms with van der Waals surface area (Å²) in [5, 5.41) is 31.7. The molecule has 2 atom stereocenters. The fourth-order valence-electron chi connectivity index (χ4n) is 3.48. The fraction of sp³-hybridized carbons (Fsp3) is 0.308. The van der Waals surface area contributed by atoms with E-state index in [2.05, 4.69) is 4.98 Å². The maximum absolute atomic E-state index is 12.9. The number of ether oxygens (including phenoxy) is 1. The van der Waals surface area contributed by atoms with Crippen LogP contribution in [-0.4, -0.2) is 26.3 Å². The molecular weight excluding hydrogens is 463 g/mol. The highest BCUT2D eigenvalue weighted by Crippen LogP contribution is 2.42. The maximum Gasteiger partial charge on any atom is 0.433 e. The molecular formula is C26H26F3NO5. The van der Waals surface area contributed by atoms with Crippen LogP contribution in [0.5, 0.6) is 11.5 Å². The summed E-state index contributed by atoms with van der Waals surface area (Å²) in [5.41, 5.74) is -1.51. The summed E-state index contributed by atoms with van der Waals surface area (Å²) in [4.78, 5) is 14.8. The van der Waals surface area contributed by atoms with Crippen molar-refractivity contribution in [3.63, 3.8) is 0 Å². The number of phenols is 1. The number of pyridine rings is 1. The highest BCUT2D eigenvalue weighted by atomic mass is 19.4. The van der Waals surface area contributed by atoms with E-state index < -0.39 is 35.5 Å². The number of benzene rings is 2. The van der Waals surface area contributed by atoms with Crippen LogP contribution in [0, 0.1) is 5.41 Å². The van der Waals surface area contributed by atoms with Crippen molar-refractivity contribution < 1.29 is 38.0 Å². The van der Waals surface area contributed by atoms with Crippen LogP contribution in [0.4, 0.5) is 13.2 Å². The van der Waals surface area contributed by atoms with Gasteiger partial charge in [-0.15, -0.1) is 0 Å². The third-order valence-corrected chi connectivity index (χ3v) is 5.65. The lowest BCUT2D eigenvalue weighted by atomic mass is 9.92. The minimum atomic E-state index is -4.56. The van der Waals surface area contributed by atoms with Gasteiger partial charge < -0.3 is 20.1 Å². The zero-order valence-corrected chi connectivity index (χ0v) is 19.4. The third-order valence-electron chi connectivity index (χ3n) is 5.65. The fourth-order valence-corrected chi connectivity index (χ4v) is 3.48. The van der Waals surface area contributed by atoms with Crippen molar-refractivity contribution in [1.29, 1.82) is 0 Å². The summed E-state index contributed by atoms with van der Waals surface area (Å²) in [6.07, 6.45) is -2.31. The zero-order valence-electron chi connectivity index (χ0n) is 19.4. The molecule has 2 aromatic carbocycles. The first-order valence-corrected chi connectivity index (χ1v) is 10.8. The molecule has 0 radical (unpaired) electrons. The van der Waals surface area contributed by atoms with E-state index in [1.165, 1.54) is 38.1 Å². The molecule has 186 valence electrons. The van der Waals surface area contributed by atoms with E-state index >= 15 is 0 Å². The lowest BCUT2D eigenvalue weighted by molar-refractivity contribution is -0.144. The Hall–Kier alpha value is -3.59. The van der Waals surface area contributed by atoms with Gasteiger partial charge in [0.25, 0.3) is 0 Å². The predicted octanol–water partition coefficient (Wildman–Crippen LogP) is 6.19. The van der Waals surface area contributed by atoms with Crippen molar-refractivity contribution in [1.82, 2.24) is 4.98 Å². The van der Waals surface area contributed by atoms with Crippen molar-refractivity contribution in [2.24, 2.45) is 5.41 Å². The Labute approximate surface area is 200 Å². The summed E-state index contributed by atoms with van der Waals surface area (Å²) >= 11 is 0. The number of halogens is 3. The number of fused-ring (bicyclic) bond motifs is 1. The van der Waals surface area contributed by atoms with Gasteiger partial charge in [-0.25, -0.2) is 0 Å². The van der Waals surface area contributed by atoms with Crippen LogP contribution in [0.15, 0.2) is 60.8 Å². The van der Waals surface area contributed by atoms with E-state index in [0.29, 0.717) is 16.3 Å². The molecule has 0 spiro atoms. The first kappa shape index (κ1) is 26.0. The Morgan fingerprint density at radius 3 is 2.37 bits per heavy atom. The first-order valence-electron chi connectivity index (χ1n) is 10.8. The minimum Gasteiger partial charge on any atom is -0.507 e. The van der Waals surface area contributed by atoms with E-state index in [9.17, 15) is 33.3 Å². The van der Waals surface area contributed by atoms with Crippen molar-refractivity contribution >= 4 is 16.7 Å². The number of alkyl halides is 3. The number of aliphatic hydroxyl groups is 1. The van der Waals surface area contributed by atoms with E-state index in [-0.39, 0.29) is 23.5 Å². The van der Waals surface area contributed by atoms with Crippen molar-refractivity contribution in [2.75, 3.05) is 0 Å². The Morgan fingerprint density at radius 2 is 1.80 bits per heavy atom. The third kappa shape index (κ3) is 5.92. The summed E-state index contributed by atoms with van der Waals surface area (Å²) < 4.78 is 44.7. The highest BCUT2D eigenvalue weighted by molar-refractivity contribution is 5.94. The second kappa shape index (κ2) is 9.95. The number of hydrogen-bond acceptors (Lipinski definition) is 5. The Morgan fingerprint density at radius 1 is 1.14 bits per heavy atom. The minimum absolute atomic E-state index is 0.0427. The molecule has 3 rings (SSSR count). The number of aliphatic hydroxyl groups excluding tert-OH is 1. The zero-order chi connectivity index (χ0) is 26.0. The molecule has 0 aliphatic rings. The second-order valence-electron chi connectivity index (χ2n) is 8.77. The van der Waals surface area contributed by atoms with Gasteiger partial charge in [-0.2, -0.15) is 13.2 Å². The molecule has 6 nitrogen and oxygen atoms in total. The number of carboxylic acids is 1. The van der Waals surface area contributed by atoms with Crippen LogP contribution < -0.4 is 4.74 Å². The summed E-state index contributed by atoms with van der Waals surface area (Å²) in [5.74, 6) is -0.848. The number of aromatic nitrogens is 1. The number of carbonyl (C=O) groups is 1. The van der Waals surface area contributed by atoms with Gasteiger partial charge in [0.2, 0.25) is 0 Å². The van der Waals surface area contributed by atoms with Gasteiger partial charge in [-0.3, -0.25) is 9.78 Å². The van der Waals surface area contributed by atoms with Gasteiger partial charge in [0.05, 0.1) is 11.5 Å². The lowest BCUT2D eigenvalue weighted by Gasteiger charge is -2.22. The molecule has 2 unspecified atom stereocenters. The number of hydrogen-bond donors (Lipinski definition) is 3. The summed E-state index contributed by atoms with van der Waals surface area (Å²) in [6, 6.07) is 10.3. The molecule has 0 aliphatic heterocycles. The standard InChI is InChI=1S/C26H26F3NO5/c1-15(16-10-11-22(30-14-16)26(27,28)29)35-23-18-8-5-4-7-17(18)21(32)13-19(23)20(31)9-6-12-25(2,3)24(33)34/h4-8,10-15,20,31-32H,9H2,1-3H3,(H,33,34)/b12-6+. The second-order valence-corrected chi connectivity index (χ2v) is 8.77. The van der Waals surface area contributed by atoms with Crippen LogP contribution >= 0.6 is 0 Å². The van der Waals surface area contributed by atoms with E-state index in [1.54, 1.807) is 31.2 Å². The largest absolute Gasteiger partial charge is 0.507 e. The number of nitrogens with zero attached hydrogens (tertiary/aromatic N) is 1. The first-order chi connectivity index (χ1) is 16.3. The normalized spacial score (nSPS) is 14.3.